The highest BCUT2D eigenvalue weighted by atomic mass is 19.4. The van der Waals surface area contributed by atoms with Gasteiger partial charge in [-0.25, -0.2) is 4.79 Å². The molecule has 4 rings (SSSR count). The van der Waals surface area contributed by atoms with E-state index in [0.717, 1.165) is 50.5 Å². The highest BCUT2D eigenvalue weighted by molar-refractivity contribution is 5.80. The second kappa shape index (κ2) is 10.4. The zero-order chi connectivity index (χ0) is 24.1. The Bertz CT molecular complexity index is 873. The zero-order valence-electron chi connectivity index (χ0n) is 18.2. The summed E-state index contributed by atoms with van der Waals surface area (Å²) in [6.45, 7) is 0.673. The number of alkyl halides is 3. The Labute approximate surface area is 190 Å². The highest BCUT2D eigenvalue weighted by Crippen LogP contribution is 2.43. The molecule has 7 nitrogen and oxygen atoms in total. The van der Waals surface area contributed by atoms with Crippen LogP contribution >= 0.6 is 0 Å². The third-order valence-corrected chi connectivity index (χ3v) is 6.65. The van der Waals surface area contributed by atoms with Crippen molar-refractivity contribution in [3.8, 4) is 0 Å². The van der Waals surface area contributed by atoms with Gasteiger partial charge in [0.05, 0.1) is 0 Å². The van der Waals surface area contributed by atoms with E-state index in [4.69, 9.17) is 9.90 Å². The summed E-state index contributed by atoms with van der Waals surface area (Å²) < 4.78 is 31.7. The van der Waals surface area contributed by atoms with E-state index in [1.165, 1.54) is 0 Å². The van der Waals surface area contributed by atoms with Gasteiger partial charge in [0.15, 0.2) is 0 Å². The van der Waals surface area contributed by atoms with Gasteiger partial charge in [-0.3, -0.25) is 14.6 Å². The van der Waals surface area contributed by atoms with E-state index in [1.54, 1.807) is 12.4 Å². The van der Waals surface area contributed by atoms with Gasteiger partial charge in [-0.1, -0.05) is 12.2 Å². The fourth-order valence-corrected chi connectivity index (χ4v) is 4.77. The number of allylic oxidation sites excluding steroid dienone is 2. The standard InChI is InChI=1S/C21H27N3O2.C2HF3O2/c25-19-7-12-21(24(19)15-16-8-13-22-14-9-16)10-5-18(6-11-21)23-20(26)17-3-1-2-4-17;3-2(4,5)1(6)7/h1-2,8-9,13-14,17-18H,3-7,10-12,15H2,(H,23,26);(H,6,7). The van der Waals surface area contributed by atoms with Crippen molar-refractivity contribution in [2.24, 2.45) is 5.92 Å². The lowest BCUT2D eigenvalue weighted by atomic mass is 9.77. The Balaban J connectivity index is 0.000000383. The average Bonchev–Trinajstić information content (AvgIpc) is 3.41. The number of carbonyl (C=O) groups is 3. The Morgan fingerprint density at radius 1 is 1.12 bits per heavy atom. The molecule has 33 heavy (non-hydrogen) atoms. The van der Waals surface area contributed by atoms with Gasteiger partial charge in [0, 0.05) is 42.9 Å². The lowest BCUT2D eigenvalue weighted by Gasteiger charge is -2.44. The SMILES string of the molecule is O=C(NC1CCC2(CCC(=O)N2Cc2ccncc2)CC1)C1CC=CC1.O=C(O)C(F)(F)F. The maximum Gasteiger partial charge on any atom is 0.490 e. The van der Waals surface area contributed by atoms with Crippen LogP contribution in [-0.2, 0) is 20.9 Å². The summed E-state index contributed by atoms with van der Waals surface area (Å²) in [5.74, 6) is -2.16. The van der Waals surface area contributed by atoms with Gasteiger partial charge >= 0.3 is 12.1 Å². The number of nitrogens with zero attached hydrogens (tertiary/aromatic N) is 2. The summed E-state index contributed by atoms with van der Waals surface area (Å²) in [5.41, 5.74) is 1.12. The Kier molecular flexibility index (Phi) is 7.76. The third-order valence-electron chi connectivity index (χ3n) is 6.65. The largest absolute Gasteiger partial charge is 0.490 e. The second-order valence-corrected chi connectivity index (χ2v) is 8.79. The normalized spacial score (nSPS) is 25.1. The van der Waals surface area contributed by atoms with Crippen molar-refractivity contribution in [2.75, 3.05) is 0 Å². The third kappa shape index (κ3) is 6.33. The number of carboxylic acids is 1. The number of rotatable bonds is 4. The Hall–Kier alpha value is -2.91. The minimum Gasteiger partial charge on any atom is -0.475 e. The van der Waals surface area contributed by atoms with Crippen LogP contribution in [-0.4, -0.2) is 50.5 Å². The number of hydrogen-bond acceptors (Lipinski definition) is 4. The van der Waals surface area contributed by atoms with E-state index < -0.39 is 12.1 Å². The zero-order valence-corrected chi connectivity index (χ0v) is 18.2. The molecule has 10 heteroatoms. The van der Waals surface area contributed by atoms with Crippen LogP contribution in [0, 0.1) is 5.92 Å². The van der Waals surface area contributed by atoms with Crippen molar-refractivity contribution in [3.05, 3.63) is 42.2 Å². The second-order valence-electron chi connectivity index (χ2n) is 8.79. The fraction of sp³-hybridized carbons (Fsp3) is 0.565. The number of carbonyl (C=O) groups excluding carboxylic acids is 2. The predicted molar refractivity (Wildman–Crippen MR) is 113 cm³/mol. The van der Waals surface area contributed by atoms with Crippen LogP contribution < -0.4 is 5.32 Å². The molecule has 1 spiro atoms. The number of aromatic nitrogens is 1. The van der Waals surface area contributed by atoms with Crippen LogP contribution in [0.2, 0.25) is 0 Å². The molecular weight excluding hydrogens is 439 g/mol. The van der Waals surface area contributed by atoms with Crippen molar-refractivity contribution in [1.29, 1.82) is 0 Å². The summed E-state index contributed by atoms with van der Waals surface area (Å²) >= 11 is 0. The van der Waals surface area contributed by atoms with E-state index in [1.807, 2.05) is 12.1 Å². The first-order valence-electron chi connectivity index (χ1n) is 11.1. The van der Waals surface area contributed by atoms with Gasteiger partial charge in [-0.15, -0.1) is 0 Å². The van der Waals surface area contributed by atoms with Crippen LogP contribution in [0.1, 0.15) is 56.9 Å². The molecule has 0 unspecified atom stereocenters. The molecule has 0 atom stereocenters. The first-order chi connectivity index (χ1) is 15.6. The number of aliphatic carboxylic acids is 1. The summed E-state index contributed by atoms with van der Waals surface area (Å²) in [7, 11) is 0. The molecule has 2 N–H and O–H groups in total. The minimum atomic E-state index is -5.08. The molecule has 1 aromatic rings. The number of nitrogens with one attached hydrogen (secondary N) is 1. The highest BCUT2D eigenvalue weighted by Gasteiger charge is 2.47. The van der Waals surface area contributed by atoms with Crippen molar-refractivity contribution >= 4 is 17.8 Å². The predicted octanol–water partition coefficient (Wildman–Crippen LogP) is 3.60. The van der Waals surface area contributed by atoms with Crippen molar-refractivity contribution in [3.63, 3.8) is 0 Å². The molecule has 2 heterocycles. The first kappa shape index (κ1) is 24.7. The molecule has 1 saturated carbocycles. The average molecular weight is 467 g/mol. The van der Waals surface area contributed by atoms with Gasteiger partial charge in [-0.05, 0) is 62.6 Å². The monoisotopic (exact) mass is 467 g/mol. The van der Waals surface area contributed by atoms with Crippen LogP contribution in [0.5, 0.6) is 0 Å². The quantitative estimate of drug-likeness (QED) is 0.660. The number of hydrogen-bond donors (Lipinski definition) is 2. The maximum absolute atomic E-state index is 12.5. The van der Waals surface area contributed by atoms with Crippen LogP contribution in [0.15, 0.2) is 36.7 Å². The van der Waals surface area contributed by atoms with Gasteiger partial charge < -0.3 is 15.3 Å². The summed E-state index contributed by atoms with van der Waals surface area (Å²) in [6, 6.07) is 4.23. The van der Waals surface area contributed by atoms with E-state index >= 15 is 0 Å². The molecule has 3 aliphatic rings. The number of likely N-dealkylation sites (tertiary alicyclic amines) is 1. The molecule has 0 radical (unpaired) electrons. The summed E-state index contributed by atoms with van der Waals surface area (Å²) in [6.07, 6.45) is 9.92. The van der Waals surface area contributed by atoms with Crippen molar-refractivity contribution < 1.29 is 32.7 Å². The number of amides is 2. The van der Waals surface area contributed by atoms with Crippen LogP contribution in [0.4, 0.5) is 13.2 Å². The Morgan fingerprint density at radius 3 is 2.24 bits per heavy atom. The van der Waals surface area contributed by atoms with Crippen LogP contribution in [0.25, 0.3) is 0 Å². The number of pyridine rings is 1. The molecule has 1 saturated heterocycles. The molecule has 2 fully saturated rings. The molecule has 180 valence electrons. The lowest BCUT2D eigenvalue weighted by molar-refractivity contribution is -0.192. The number of carboxylic acid groups (broad SMARTS) is 1. The molecule has 2 amide bonds. The molecular formula is C23H28F3N3O4. The Morgan fingerprint density at radius 2 is 1.70 bits per heavy atom. The molecule has 0 bridgehead atoms. The van der Waals surface area contributed by atoms with Gasteiger partial charge in [0.25, 0.3) is 0 Å². The molecule has 0 aromatic carbocycles. The van der Waals surface area contributed by atoms with E-state index in [9.17, 15) is 22.8 Å². The summed E-state index contributed by atoms with van der Waals surface area (Å²) in [5, 5.41) is 10.4. The van der Waals surface area contributed by atoms with Crippen molar-refractivity contribution in [1.82, 2.24) is 15.2 Å². The fourth-order valence-electron chi connectivity index (χ4n) is 4.77. The van der Waals surface area contributed by atoms with Crippen molar-refractivity contribution in [2.45, 2.75) is 75.7 Å². The summed E-state index contributed by atoms with van der Waals surface area (Å²) in [4.78, 5) is 39.9. The lowest BCUT2D eigenvalue weighted by Crippen LogP contribution is -2.51. The van der Waals surface area contributed by atoms with Crippen LogP contribution in [0.3, 0.4) is 0 Å². The number of halogens is 3. The van der Waals surface area contributed by atoms with E-state index in [2.05, 4.69) is 27.4 Å². The maximum atomic E-state index is 12.5. The van der Waals surface area contributed by atoms with E-state index in [0.29, 0.717) is 13.0 Å². The molecule has 2 aliphatic carbocycles. The van der Waals surface area contributed by atoms with E-state index in [-0.39, 0.29) is 29.3 Å². The van der Waals surface area contributed by atoms with Gasteiger partial charge in [-0.2, -0.15) is 13.2 Å². The van der Waals surface area contributed by atoms with Gasteiger partial charge in [0.2, 0.25) is 11.8 Å². The topological polar surface area (TPSA) is 99.6 Å². The smallest absolute Gasteiger partial charge is 0.475 e. The van der Waals surface area contributed by atoms with Gasteiger partial charge in [0.1, 0.15) is 0 Å². The molecule has 1 aliphatic heterocycles. The molecule has 1 aromatic heterocycles. The first-order valence-corrected chi connectivity index (χ1v) is 11.1. The minimum absolute atomic E-state index is 0.0174.